The molecule has 0 bridgehead atoms. The standard InChI is InChI=1S/C13H18N6O3S2/c1-24(20,21)19-12(14)23-13(16-19)18-6-4-9(5-7-18)11-15-10(17-22-11)8-2-3-8/h8-9,14H,2-7H2,1H3. The molecule has 3 heterocycles. The monoisotopic (exact) mass is 370 g/mol. The molecule has 4 rings (SSSR count). The van der Waals surface area contributed by atoms with Gasteiger partial charge in [0.2, 0.25) is 15.8 Å². The highest BCUT2D eigenvalue weighted by molar-refractivity contribution is 7.89. The quantitative estimate of drug-likeness (QED) is 0.848. The largest absolute Gasteiger partial charge is 0.347 e. The third-order valence-corrected chi connectivity index (χ3v) is 6.26. The summed E-state index contributed by atoms with van der Waals surface area (Å²) in [5.74, 6) is 2.27. The highest BCUT2D eigenvalue weighted by atomic mass is 32.2. The highest BCUT2D eigenvalue weighted by Gasteiger charge is 2.32. The Kier molecular flexibility index (Phi) is 3.71. The Hall–Kier alpha value is -1.75. The van der Waals surface area contributed by atoms with E-state index >= 15 is 0 Å². The second kappa shape index (κ2) is 5.66. The van der Waals surface area contributed by atoms with Gasteiger partial charge >= 0.3 is 0 Å². The van der Waals surface area contributed by atoms with Crippen LogP contribution in [0.15, 0.2) is 4.52 Å². The molecule has 130 valence electrons. The van der Waals surface area contributed by atoms with Gasteiger partial charge in [0.25, 0.3) is 10.0 Å². The van der Waals surface area contributed by atoms with E-state index in [1.807, 2.05) is 4.90 Å². The van der Waals surface area contributed by atoms with E-state index in [0.29, 0.717) is 16.9 Å². The molecule has 0 unspecified atom stereocenters. The van der Waals surface area contributed by atoms with Gasteiger partial charge in [0.15, 0.2) is 5.82 Å². The predicted molar refractivity (Wildman–Crippen MR) is 86.7 cm³/mol. The van der Waals surface area contributed by atoms with Gasteiger partial charge in [0.1, 0.15) is 0 Å². The number of nitrogens with zero attached hydrogens (tertiary/aromatic N) is 5. The molecule has 2 fully saturated rings. The average Bonchev–Trinajstić information content (AvgIpc) is 3.12. The van der Waals surface area contributed by atoms with Crippen LogP contribution in [0.1, 0.15) is 49.2 Å². The van der Waals surface area contributed by atoms with Gasteiger partial charge in [-0.3, -0.25) is 5.41 Å². The van der Waals surface area contributed by atoms with E-state index in [-0.39, 0.29) is 10.7 Å². The molecule has 2 aromatic rings. The minimum absolute atomic E-state index is 0.0828. The number of hydrogen-bond donors (Lipinski definition) is 1. The fraction of sp³-hybridized carbons (Fsp3) is 0.692. The normalized spacial score (nSPS) is 19.8. The smallest absolute Gasteiger partial charge is 0.253 e. The Bertz CT molecular complexity index is 902. The van der Waals surface area contributed by atoms with Crippen LogP contribution in [0.4, 0.5) is 5.13 Å². The maximum Gasteiger partial charge on any atom is 0.253 e. The van der Waals surface area contributed by atoms with Crippen LogP contribution in [0.2, 0.25) is 0 Å². The van der Waals surface area contributed by atoms with E-state index < -0.39 is 10.0 Å². The van der Waals surface area contributed by atoms with Crippen molar-refractivity contribution in [3.63, 3.8) is 0 Å². The van der Waals surface area contributed by atoms with Crippen molar-refractivity contribution in [3.8, 4) is 0 Å². The third kappa shape index (κ3) is 2.97. The molecule has 9 nitrogen and oxygen atoms in total. The van der Waals surface area contributed by atoms with Crippen molar-refractivity contribution in [1.29, 1.82) is 5.41 Å². The van der Waals surface area contributed by atoms with Crippen LogP contribution in [-0.2, 0) is 10.0 Å². The first-order valence-corrected chi connectivity index (χ1v) is 10.5. The van der Waals surface area contributed by atoms with Gasteiger partial charge in [-0.1, -0.05) is 16.5 Å². The van der Waals surface area contributed by atoms with Crippen molar-refractivity contribution >= 4 is 26.5 Å². The summed E-state index contributed by atoms with van der Waals surface area (Å²) in [5, 5.41) is 16.5. The molecule has 0 aromatic carbocycles. The van der Waals surface area contributed by atoms with Crippen LogP contribution in [0.3, 0.4) is 0 Å². The summed E-state index contributed by atoms with van der Waals surface area (Å²) in [7, 11) is -3.54. The van der Waals surface area contributed by atoms with Crippen molar-refractivity contribution in [3.05, 3.63) is 16.5 Å². The summed E-state index contributed by atoms with van der Waals surface area (Å²) in [6.45, 7) is 1.45. The first-order chi connectivity index (χ1) is 11.4. The highest BCUT2D eigenvalue weighted by Crippen LogP contribution is 2.39. The number of piperidine rings is 1. The van der Waals surface area contributed by atoms with Crippen molar-refractivity contribution in [2.75, 3.05) is 24.2 Å². The van der Waals surface area contributed by atoms with Gasteiger partial charge in [-0.15, -0.1) is 9.19 Å². The lowest BCUT2D eigenvalue weighted by atomic mass is 9.97. The summed E-state index contributed by atoms with van der Waals surface area (Å²) in [6.07, 6.45) is 5.04. The van der Waals surface area contributed by atoms with Crippen LogP contribution in [0.25, 0.3) is 0 Å². The van der Waals surface area contributed by atoms with E-state index in [1.54, 1.807) is 0 Å². The van der Waals surface area contributed by atoms with Gasteiger partial charge in [-0.05, 0) is 25.7 Å². The maximum absolute atomic E-state index is 11.6. The Morgan fingerprint density at radius 1 is 1.21 bits per heavy atom. The molecule has 1 saturated heterocycles. The van der Waals surface area contributed by atoms with Crippen LogP contribution in [-0.4, -0.2) is 47.1 Å². The number of nitrogens with one attached hydrogen (secondary N) is 1. The topological polar surface area (TPSA) is 118 Å². The molecule has 0 amide bonds. The molecule has 1 saturated carbocycles. The van der Waals surface area contributed by atoms with Crippen LogP contribution in [0, 0.1) is 5.41 Å². The first-order valence-electron chi connectivity index (χ1n) is 7.85. The molecule has 24 heavy (non-hydrogen) atoms. The lowest BCUT2D eigenvalue weighted by molar-refractivity contribution is 0.326. The van der Waals surface area contributed by atoms with Crippen molar-refractivity contribution < 1.29 is 12.9 Å². The van der Waals surface area contributed by atoms with Crippen molar-refractivity contribution in [2.45, 2.75) is 37.5 Å². The Labute approximate surface area is 142 Å². The summed E-state index contributed by atoms with van der Waals surface area (Å²) in [6, 6.07) is 0. The van der Waals surface area contributed by atoms with Crippen LogP contribution >= 0.6 is 11.3 Å². The fourth-order valence-electron chi connectivity index (χ4n) is 2.86. The predicted octanol–water partition coefficient (Wildman–Crippen LogP) is 0.876. The minimum atomic E-state index is -3.54. The van der Waals surface area contributed by atoms with Gasteiger partial charge < -0.3 is 9.42 Å². The van der Waals surface area contributed by atoms with E-state index in [2.05, 4.69) is 15.2 Å². The molecule has 11 heteroatoms. The molecular weight excluding hydrogens is 352 g/mol. The van der Waals surface area contributed by atoms with Crippen molar-refractivity contribution in [2.24, 2.45) is 0 Å². The SMILES string of the molecule is CS(=O)(=O)n1nc(N2CCC(c3nc(C4CC4)no3)CC2)sc1=N. The molecule has 0 atom stereocenters. The Morgan fingerprint density at radius 3 is 2.50 bits per heavy atom. The van der Waals surface area contributed by atoms with Crippen LogP contribution < -0.4 is 9.70 Å². The summed E-state index contributed by atoms with van der Waals surface area (Å²) >= 11 is 1.07. The van der Waals surface area contributed by atoms with Gasteiger partial charge in [-0.25, -0.2) is 8.42 Å². The molecule has 2 aromatic heterocycles. The first kappa shape index (κ1) is 15.8. The van der Waals surface area contributed by atoms with E-state index in [4.69, 9.17) is 9.93 Å². The fourth-order valence-corrected chi connectivity index (χ4v) is 4.68. The summed E-state index contributed by atoms with van der Waals surface area (Å²) in [4.78, 5) is 6.45. The van der Waals surface area contributed by atoms with Crippen LogP contribution in [0.5, 0.6) is 0 Å². The molecular formula is C13H18N6O3S2. The third-order valence-electron chi connectivity index (χ3n) is 4.37. The zero-order chi connectivity index (χ0) is 16.9. The lowest BCUT2D eigenvalue weighted by Crippen LogP contribution is -2.33. The second-order valence-electron chi connectivity index (χ2n) is 6.32. The Balaban J connectivity index is 1.45. The van der Waals surface area contributed by atoms with E-state index in [0.717, 1.165) is 66.3 Å². The average molecular weight is 370 g/mol. The number of anilines is 1. The molecule has 0 spiro atoms. The number of rotatable bonds is 4. The van der Waals surface area contributed by atoms with E-state index in [1.165, 1.54) is 0 Å². The number of aromatic nitrogens is 4. The molecule has 0 radical (unpaired) electrons. The van der Waals surface area contributed by atoms with Gasteiger partial charge in [0, 0.05) is 24.9 Å². The minimum Gasteiger partial charge on any atom is -0.347 e. The summed E-state index contributed by atoms with van der Waals surface area (Å²) in [5.41, 5.74) is 0. The van der Waals surface area contributed by atoms with Crippen molar-refractivity contribution in [1.82, 2.24) is 19.3 Å². The van der Waals surface area contributed by atoms with E-state index in [9.17, 15) is 8.42 Å². The maximum atomic E-state index is 11.6. The zero-order valence-corrected chi connectivity index (χ0v) is 14.8. The second-order valence-corrected chi connectivity index (χ2v) is 9.09. The molecule has 2 aliphatic rings. The molecule has 1 aliphatic heterocycles. The van der Waals surface area contributed by atoms with Gasteiger partial charge in [-0.2, -0.15) is 4.98 Å². The summed E-state index contributed by atoms with van der Waals surface area (Å²) < 4.78 is 29.4. The Morgan fingerprint density at radius 2 is 1.92 bits per heavy atom. The van der Waals surface area contributed by atoms with Gasteiger partial charge in [0.05, 0.1) is 6.26 Å². The molecule has 1 N–H and O–H groups in total. The molecule has 1 aliphatic carbocycles. The number of hydrogen-bond acceptors (Lipinski definition) is 9. The zero-order valence-electron chi connectivity index (χ0n) is 13.2. The lowest BCUT2D eigenvalue weighted by Gasteiger charge is -2.29.